The van der Waals surface area contributed by atoms with E-state index in [4.69, 9.17) is 11.6 Å². The van der Waals surface area contributed by atoms with Gasteiger partial charge in [-0.25, -0.2) is 10.3 Å². The number of pyridine rings is 1. The summed E-state index contributed by atoms with van der Waals surface area (Å²) in [6.07, 6.45) is 2.90. The van der Waals surface area contributed by atoms with E-state index in [1.165, 1.54) is 24.5 Å². The van der Waals surface area contributed by atoms with Crippen molar-refractivity contribution in [3.05, 3.63) is 59.4 Å². The average molecular weight is 345 g/mol. The summed E-state index contributed by atoms with van der Waals surface area (Å²) in [5.74, 6) is -1.28. The van der Waals surface area contributed by atoms with E-state index >= 15 is 0 Å². The number of nitrogens with zero attached hydrogens (tertiary/aromatic N) is 2. The minimum atomic E-state index is -0.848. The fourth-order valence-electron chi connectivity index (χ4n) is 2.36. The molecule has 8 heteroatoms. The average Bonchev–Trinajstić information content (AvgIpc) is 2.88. The zero-order chi connectivity index (χ0) is 17.1. The first-order chi connectivity index (χ1) is 11.6. The predicted molar refractivity (Wildman–Crippen MR) is 87.2 cm³/mol. The summed E-state index contributed by atoms with van der Waals surface area (Å²) in [4.78, 5) is 41.4. The van der Waals surface area contributed by atoms with Crippen LogP contribution < -0.4 is 15.8 Å². The minimum Gasteiger partial charge on any atom is -0.287 e. The number of benzene rings is 1. The number of hydrazine groups is 1. The van der Waals surface area contributed by atoms with E-state index in [9.17, 15) is 14.4 Å². The first-order valence-electron chi connectivity index (χ1n) is 7.15. The maximum absolute atomic E-state index is 12.4. The molecule has 1 atom stereocenters. The lowest BCUT2D eigenvalue weighted by molar-refractivity contribution is -0.121. The van der Waals surface area contributed by atoms with Gasteiger partial charge in [-0.3, -0.25) is 24.8 Å². The first kappa shape index (κ1) is 16.1. The van der Waals surface area contributed by atoms with E-state index in [1.807, 2.05) is 0 Å². The quantitative estimate of drug-likeness (QED) is 0.644. The molecule has 1 aliphatic heterocycles. The Morgan fingerprint density at radius 3 is 2.58 bits per heavy atom. The van der Waals surface area contributed by atoms with E-state index in [1.54, 1.807) is 24.3 Å². The van der Waals surface area contributed by atoms with Gasteiger partial charge >= 0.3 is 0 Å². The molecule has 122 valence electrons. The molecule has 0 aliphatic carbocycles. The van der Waals surface area contributed by atoms with Crippen molar-refractivity contribution in [1.29, 1.82) is 0 Å². The maximum Gasteiger partial charge on any atom is 0.265 e. The lowest BCUT2D eigenvalue weighted by atomic mass is 10.2. The predicted octanol–water partition coefficient (Wildman–Crippen LogP) is 1.30. The second kappa shape index (κ2) is 6.77. The van der Waals surface area contributed by atoms with Gasteiger partial charge in [-0.2, -0.15) is 0 Å². The molecule has 3 rings (SSSR count). The molecule has 0 unspecified atom stereocenters. The highest BCUT2D eigenvalue weighted by Gasteiger charge is 2.40. The highest BCUT2D eigenvalue weighted by Crippen LogP contribution is 2.29. The molecule has 2 aromatic rings. The van der Waals surface area contributed by atoms with Crippen molar-refractivity contribution < 1.29 is 14.4 Å². The normalized spacial score (nSPS) is 17.2. The van der Waals surface area contributed by atoms with Crippen LogP contribution in [0.1, 0.15) is 16.8 Å². The second-order valence-corrected chi connectivity index (χ2v) is 5.52. The van der Waals surface area contributed by atoms with Crippen molar-refractivity contribution in [2.45, 2.75) is 12.5 Å². The summed E-state index contributed by atoms with van der Waals surface area (Å²) in [7, 11) is 0. The molecule has 1 saturated heterocycles. The third-order valence-corrected chi connectivity index (χ3v) is 3.86. The number of para-hydroxylation sites is 1. The molecule has 0 spiro atoms. The van der Waals surface area contributed by atoms with Gasteiger partial charge in [-0.15, -0.1) is 0 Å². The molecule has 0 saturated carbocycles. The van der Waals surface area contributed by atoms with Gasteiger partial charge in [0, 0.05) is 18.0 Å². The van der Waals surface area contributed by atoms with E-state index < -0.39 is 17.9 Å². The van der Waals surface area contributed by atoms with Crippen molar-refractivity contribution in [2.75, 3.05) is 4.90 Å². The SMILES string of the molecule is O=C(NN[C@H]1CC(=O)N(c2ccccc2Cl)C1=O)c1ccncc1. The molecule has 0 radical (unpaired) electrons. The zero-order valence-electron chi connectivity index (χ0n) is 12.4. The van der Waals surface area contributed by atoms with Gasteiger partial charge < -0.3 is 0 Å². The Morgan fingerprint density at radius 1 is 1.17 bits per heavy atom. The Bertz CT molecular complexity index is 797. The van der Waals surface area contributed by atoms with Crippen molar-refractivity contribution in [3.8, 4) is 0 Å². The Kier molecular flexibility index (Phi) is 4.54. The molecular formula is C16H13ClN4O3. The molecule has 1 fully saturated rings. The van der Waals surface area contributed by atoms with Crippen LogP contribution in [0.3, 0.4) is 0 Å². The van der Waals surface area contributed by atoms with E-state index in [-0.39, 0.29) is 12.3 Å². The summed E-state index contributed by atoms with van der Waals surface area (Å²) >= 11 is 6.05. The fourth-order valence-corrected chi connectivity index (χ4v) is 2.58. The number of aromatic nitrogens is 1. The Morgan fingerprint density at radius 2 is 1.88 bits per heavy atom. The van der Waals surface area contributed by atoms with Gasteiger partial charge in [0.05, 0.1) is 17.1 Å². The van der Waals surface area contributed by atoms with Gasteiger partial charge in [0.2, 0.25) is 5.91 Å². The lowest BCUT2D eigenvalue weighted by Crippen LogP contribution is -2.48. The molecule has 2 N–H and O–H groups in total. The molecule has 1 aromatic heterocycles. The van der Waals surface area contributed by atoms with E-state index in [2.05, 4.69) is 15.8 Å². The summed E-state index contributed by atoms with van der Waals surface area (Å²) in [5.41, 5.74) is 5.75. The van der Waals surface area contributed by atoms with Crippen molar-refractivity contribution in [1.82, 2.24) is 15.8 Å². The van der Waals surface area contributed by atoms with Crippen LogP contribution >= 0.6 is 11.6 Å². The largest absolute Gasteiger partial charge is 0.287 e. The molecule has 7 nitrogen and oxygen atoms in total. The number of anilines is 1. The summed E-state index contributed by atoms with van der Waals surface area (Å²) in [6, 6.07) is 8.82. The lowest BCUT2D eigenvalue weighted by Gasteiger charge is -2.17. The molecule has 0 bridgehead atoms. The minimum absolute atomic E-state index is 0.0688. The topological polar surface area (TPSA) is 91.4 Å². The molecule has 24 heavy (non-hydrogen) atoms. The van der Waals surface area contributed by atoms with Gasteiger partial charge in [0.15, 0.2) is 0 Å². The van der Waals surface area contributed by atoms with Crippen LogP contribution in [0.4, 0.5) is 5.69 Å². The third kappa shape index (κ3) is 3.12. The number of hydrogen-bond acceptors (Lipinski definition) is 5. The molecule has 1 aliphatic rings. The molecule has 3 amide bonds. The van der Waals surface area contributed by atoms with Gasteiger partial charge in [-0.05, 0) is 24.3 Å². The molecule has 1 aromatic carbocycles. The van der Waals surface area contributed by atoms with Gasteiger partial charge in [0.1, 0.15) is 6.04 Å². The fraction of sp³-hybridized carbons (Fsp3) is 0.125. The van der Waals surface area contributed by atoms with Gasteiger partial charge in [0.25, 0.3) is 11.8 Å². The Balaban J connectivity index is 1.69. The van der Waals surface area contributed by atoms with Crippen LogP contribution in [0.5, 0.6) is 0 Å². The number of carbonyl (C=O) groups excluding carboxylic acids is 3. The standard InChI is InChI=1S/C16H13ClN4O3/c17-11-3-1-2-4-13(11)21-14(22)9-12(16(21)24)19-20-15(23)10-5-7-18-8-6-10/h1-8,12,19H,9H2,(H,20,23)/t12-/m0/s1. The number of hydrogen-bond donors (Lipinski definition) is 2. The van der Waals surface area contributed by atoms with Crippen LogP contribution in [-0.2, 0) is 9.59 Å². The Labute approximate surface area is 142 Å². The number of amides is 3. The molecule has 2 heterocycles. The number of rotatable bonds is 4. The van der Waals surface area contributed by atoms with Crippen LogP contribution in [-0.4, -0.2) is 28.7 Å². The summed E-state index contributed by atoms with van der Waals surface area (Å²) in [5, 5.41) is 0.306. The van der Waals surface area contributed by atoms with Crippen LogP contribution in [0.25, 0.3) is 0 Å². The van der Waals surface area contributed by atoms with Crippen LogP contribution in [0, 0.1) is 0 Å². The Hall–Kier alpha value is -2.77. The van der Waals surface area contributed by atoms with Crippen LogP contribution in [0.15, 0.2) is 48.8 Å². The highest BCUT2D eigenvalue weighted by molar-refractivity contribution is 6.36. The number of carbonyl (C=O) groups is 3. The van der Waals surface area contributed by atoms with E-state index in [0.717, 1.165) is 4.90 Å². The first-order valence-corrected chi connectivity index (χ1v) is 7.53. The number of imide groups is 1. The summed E-state index contributed by atoms with van der Waals surface area (Å²) in [6.45, 7) is 0. The van der Waals surface area contributed by atoms with Crippen LogP contribution in [0.2, 0.25) is 5.02 Å². The highest BCUT2D eigenvalue weighted by atomic mass is 35.5. The second-order valence-electron chi connectivity index (χ2n) is 5.11. The van der Waals surface area contributed by atoms with E-state index in [0.29, 0.717) is 16.3 Å². The number of nitrogens with one attached hydrogen (secondary N) is 2. The number of halogens is 1. The van der Waals surface area contributed by atoms with Gasteiger partial charge in [-0.1, -0.05) is 23.7 Å². The third-order valence-electron chi connectivity index (χ3n) is 3.54. The summed E-state index contributed by atoms with van der Waals surface area (Å²) < 4.78 is 0. The zero-order valence-corrected chi connectivity index (χ0v) is 13.2. The smallest absolute Gasteiger partial charge is 0.265 e. The monoisotopic (exact) mass is 344 g/mol. The molecular weight excluding hydrogens is 332 g/mol. The van der Waals surface area contributed by atoms with Crippen molar-refractivity contribution in [3.63, 3.8) is 0 Å². The van der Waals surface area contributed by atoms with Crippen molar-refractivity contribution in [2.24, 2.45) is 0 Å². The van der Waals surface area contributed by atoms with Crippen molar-refractivity contribution >= 4 is 35.0 Å². The maximum atomic E-state index is 12.4.